The van der Waals surface area contributed by atoms with E-state index in [0.717, 1.165) is 17.0 Å². The lowest BCUT2D eigenvalue weighted by molar-refractivity contribution is -0.117. The molecule has 4 aromatic rings. The zero-order valence-electron chi connectivity index (χ0n) is 22.0. The van der Waals surface area contributed by atoms with Gasteiger partial charge in [0.1, 0.15) is 22.9 Å². The molecule has 3 N–H and O–H groups in total. The Morgan fingerprint density at radius 2 is 1.87 bits per heavy atom. The summed E-state index contributed by atoms with van der Waals surface area (Å²) in [5, 5.41) is 3.83. The highest BCUT2D eigenvalue weighted by atomic mass is 35.5. The summed E-state index contributed by atoms with van der Waals surface area (Å²) in [4.78, 5) is 38.2. The maximum Gasteiger partial charge on any atom is 0.278 e. The van der Waals surface area contributed by atoms with Gasteiger partial charge >= 0.3 is 0 Å². The highest BCUT2D eigenvalue weighted by Gasteiger charge is 2.34. The van der Waals surface area contributed by atoms with Crippen LogP contribution in [0.2, 0.25) is 5.02 Å². The SMILES string of the molecule is CCNC(=O)C1=C(C)N=c2[nH]c(=Cc3ccc(-c4ccc(Cl)cc4)[nH]3)c(=O)n2C1c1cc(OC)ccc1OC. The summed E-state index contributed by atoms with van der Waals surface area (Å²) in [6, 6.07) is 15.8. The molecule has 9 nitrogen and oxygen atoms in total. The first-order chi connectivity index (χ1) is 18.8. The molecule has 1 aliphatic heterocycles. The zero-order valence-corrected chi connectivity index (χ0v) is 22.7. The number of carbonyl (C=O) groups is 1. The van der Waals surface area contributed by atoms with Crippen LogP contribution in [0.5, 0.6) is 11.5 Å². The molecule has 1 atom stereocenters. The van der Waals surface area contributed by atoms with E-state index in [1.54, 1.807) is 45.4 Å². The molecular formula is C29H28ClN5O4. The number of H-pyrrole nitrogens is 2. The largest absolute Gasteiger partial charge is 0.497 e. The molecule has 1 amide bonds. The van der Waals surface area contributed by atoms with Crippen LogP contribution in [-0.4, -0.2) is 41.2 Å². The number of nitrogens with zero attached hydrogens (tertiary/aromatic N) is 2. The number of amides is 1. The predicted octanol–water partition coefficient (Wildman–Crippen LogP) is 3.30. The number of rotatable bonds is 7. The first kappa shape index (κ1) is 26.1. The second-order valence-corrected chi connectivity index (χ2v) is 9.43. The molecule has 0 radical (unpaired) electrons. The van der Waals surface area contributed by atoms with Crippen molar-refractivity contribution in [3.05, 3.63) is 103 Å². The molecule has 0 bridgehead atoms. The summed E-state index contributed by atoms with van der Waals surface area (Å²) in [6.07, 6.45) is 1.73. The molecular weight excluding hydrogens is 518 g/mol. The van der Waals surface area contributed by atoms with Crippen LogP contribution < -0.4 is 31.3 Å². The lowest BCUT2D eigenvalue weighted by Gasteiger charge is -2.26. The van der Waals surface area contributed by atoms with Gasteiger partial charge in [-0.3, -0.25) is 14.2 Å². The Morgan fingerprint density at radius 3 is 2.56 bits per heavy atom. The highest BCUT2D eigenvalue weighted by Crippen LogP contribution is 2.37. The third-order valence-electron chi connectivity index (χ3n) is 6.60. The molecule has 2 aromatic heterocycles. The summed E-state index contributed by atoms with van der Waals surface area (Å²) in [7, 11) is 3.10. The van der Waals surface area contributed by atoms with E-state index < -0.39 is 6.04 Å². The molecule has 200 valence electrons. The molecule has 0 aliphatic carbocycles. The van der Waals surface area contributed by atoms with Crippen molar-refractivity contribution in [2.75, 3.05) is 20.8 Å². The van der Waals surface area contributed by atoms with Crippen LogP contribution in [0.3, 0.4) is 0 Å². The van der Waals surface area contributed by atoms with Crippen molar-refractivity contribution in [1.82, 2.24) is 19.9 Å². The molecule has 1 unspecified atom stereocenters. The standard InChI is InChI=1S/C29H28ClN5O4/c1-5-31-27(36)25-16(2)32-29-34-23(14-19-10-12-22(33-19)17-6-8-18(30)9-7-17)28(37)35(29)26(25)21-15-20(38-3)11-13-24(21)39-4/h6-15,26,33H,5H2,1-4H3,(H,31,36)(H,32,34). The summed E-state index contributed by atoms with van der Waals surface area (Å²) in [5.41, 5.74) is 4.02. The number of fused-ring (bicyclic) bond motifs is 1. The molecule has 0 spiro atoms. The summed E-state index contributed by atoms with van der Waals surface area (Å²) in [5.74, 6) is 0.771. The van der Waals surface area contributed by atoms with Gasteiger partial charge in [-0.25, -0.2) is 4.99 Å². The van der Waals surface area contributed by atoms with Gasteiger partial charge < -0.3 is 24.8 Å². The summed E-state index contributed by atoms with van der Waals surface area (Å²) >= 11 is 6.02. The maximum absolute atomic E-state index is 13.9. The Labute approximate surface area is 229 Å². The maximum atomic E-state index is 13.9. The normalized spacial score (nSPS) is 15.1. The fraction of sp³-hybridized carbons (Fsp3) is 0.207. The third kappa shape index (κ3) is 4.88. The quantitative estimate of drug-likeness (QED) is 0.331. The van der Waals surface area contributed by atoms with Gasteiger partial charge in [0.25, 0.3) is 11.5 Å². The van der Waals surface area contributed by atoms with E-state index >= 15 is 0 Å². The Hall–Kier alpha value is -4.50. The van der Waals surface area contributed by atoms with Crippen molar-refractivity contribution in [2.24, 2.45) is 4.99 Å². The van der Waals surface area contributed by atoms with Gasteiger partial charge in [0.05, 0.1) is 25.5 Å². The number of aromatic amines is 2. The smallest absolute Gasteiger partial charge is 0.278 e. The van der Waals surface area contributed by atoms with Crippen LogP contribution >= 0.6 is 11.6 Å². The fourth-order valence-electron chi connectivity index (χ4n) is 4.77. The second-order valence-electron chi connectivity index (χ2n) is 9.00. The molecule has 5 rings (SSSR count). The van der Waals surface area contributed by atoms with E-state index in [-0.39, 0.29) is 11.5 Å². The topological polar surface area (TPSA) is 114 Å². The van der Waals surface area contributed by atoms with Gasteiger partial charge in [0, 0.05) is 28.5 Å². The number of hydrogen-bond acceptors (Lipinski definition) is 5. The Kier molecular flexibility index (Phi) is 7.17. The molecule has 39 heavy (non-hydrogen) atoms. The fourth-order valence-corrected chi connectivity index (χ4v) is 4.89. The second kappa shape index (κ2) is 10.7. The molecule has 2 aromatic carbocycles. The van der Waals surface area contributed by atoms with Gasteiger partial charge in [-0.2, -0.15) is 0 Å². The summed E-state index contributed by atoms with van der Waals surface area (Å²) in [6.45, 7) is 4.02. The Bertz CT molecular complexity index is 1760. The Balaban J connectivity index is 1.68. The predicted molar refractivity (Wildman–Crippen MR) is 150 cm³/mol. The number of aromatic nitrogens is 3. The van der Waals surface area contributed by atoms with Gasteiger partial charge in [0.15, 0.2) is 0 Å². The van der Waals surface area contributed by atoms with Crippen LogP contribution in [0, 0.1) is 0 Å². The van der Waals surface area contributed by atoms with Crippen molar-refractivity contribution in [1.29, 1.82) is 0 Å². The number of methoxy groups -OCH3 is 2. The lowest BCUT2D eigenvalue weighted by Crippen LogP contribution is -2.42. The van der Waals surface area contributed by atoms with Crippen LogP contribution in [0.25, 0.3) is 17.3 Å². The number of hydrogen-bond donors (Lipinski definition) is 3. The van der Waals surface area contributed by atoms with Crippen molar-refractivity contribution < 1.29 is 14.3 Å². The van der Waals surface area contributed by atoms with Crippen molar-refractivity contribution in [3.63, 3.8) is 0 Å². The van der Waals surface area contributed by atoms with E-state index in [1.807, 2.05) is 43.3 Å². The molecule has 3 heterocycles. The minimum Gasteiger partial charge on any atom is -0.497 e. The average molecular weight is 546 g/mol. The van der Waals surface area contributed by atoms with Gasteiger partial charge in [0.2, 0.25) is 5.62 Å². The number of benzene rings is 2. The third-order valence-corrected chi connectivity index (χ3v) is 6.85. The number of carbonyl (C=O) groups excluding carboxylic acids is 1. The number of nitrogens with one attached hydrogen (secondary N) is 3. The first-order valence-corrected chi connectivity index (χ1v) is 12.8. The van der Waals surface area contributed by atoms with Crippen LogP contribution in [0.15, 0.2) is 75.7 Å². The van der Waals surface area contributed by atoms with E-state index in [1.165, 1.54) is 4.57 Å². The van der Waals surface area contributed by atoms with Crippen LogP contribution in [0.4, 0.5) is 0 Å². The number of likely N-dealkylation sites (N-methyl/N-ethyl adjacent to an activating group) is 1. The minimum absolute atomic E-state index is 0.310. The van der Waals surface area contributed by atoms with Crippen molar-refractivity contribution in [2.45, 2.75) is 19.9 Å². The average Bonchev–Trinajstić information content (AvgIpc) is 3.52. The van der Waals surface area contributed by atoms with Crippen LogP contribution in [0.1, 0.15) is 31.1 Å². The van der Waals surface area contributed by atoms with Crippen molar-refractivity contribution in [3.8, 4) is 22.8 Å². The van der Waals surface area contributed by atoms with Gasteiger partial charge in [-0.05, 0) is 68.0 Å². The number of halogens is 1. The zero-order chi connectivity index (χ0) is 27.7. The van der Waals surface area contributed by atoms with E-state index in [4.69, 9.17) is 21.1 Å². The lowest BCUT2D eigenvalue weighted by atomic mass is 9.94. The van der Waals surface area contributed by atoms with Gasteiger partial charge in [-0.1, -0.05) is 23.7 Å². The summed E-state index contributed by atoms with van der Waals surface area (Å²) < 4.78 is 12.6. The van der Waals surface area contributed by atoms with Crippen molar-refractivity contribution >= 4 is 23.6 Å². The number of allylic oxidation sites excluding steroid dienone is 1. The molecule has 0 saturated heterocycles. The number of imidazole rings is 1. The van der Waals surface area contributed by atoms with E-state index in [2.05, 4.69) is 20.3 Å². The molecule has 0 fully saturated rings. The first-order valence-electron chi connectivity index (χ1n) is 12.4. The number of ether oxygens (including phenoxy) is 2. The van der Waals surface area contributed by atoms with Gasteiger partial charge in [-0.15, -0.1) is 0 Å². The minimum atomic E-state index is -0.798. The van der Waals surface area contributed by atoms with E-state index in [9.17, 15) is 9.59 Å². The Morgan fingerprint density at radius 1 is 1.10 bits per heavy atom. The van der Waals surface area contributed by atoms with E-state index in [0.29, 0.717) is 50.9 Å². The molecule has 1 aliphatic rings. The highest BCUT2D eigenvalue weighted by molar-refractivity contribution is 6.30. The van der Waals surface area contributed by atoms with Crippen LogP contribution in [-0.2, 0) is 4.79 Å². The molecule has 0 saturated carbocycles. The monoisotopic (exact) mass is 545 g/mol. The molecule has 10 heteroatoms.